The fourth-order valence-corrected chi connectivity index (χ4v) is 2.48. The van der Waals surface area contributed by atoms with Gasteiger partial charge in [0.05, 0.1) is 13.2 Å². The van der Waals surface area contributed by atoms with Crippen LogP contribution in [0.5, 0.6) is 5.75 Å². The fraction of sp³-hybridized carbons (Fsp3) is 0.533. The summed E-state index contributed by atoms with van der Waals surface area (Å²) in [7, 11) is 1.69. The lowest BCUT2D eigenvalue weighted by molar-refractivity contribution is 0.206. The molecular formula is C15H22N2O2. The minimum Gasteiger partial charge on any atom is -0.496 e. The number of nitrogens with zero attached hydrogens (tertiary/aromatic N) is 1. The van der Waals surface area contributed by atoms with Crippen LogP contribution in [0.25, 0.3) is 0 Å². The Morgan fingerprint density at radius 3 is 2.74 bits per heavy atom. The molecule has 2 amide bonds. The van der Waals surface area contributed by atoms with Crippen molar-refractivity contribution in [3.63, 3.8) is 0 Å². The second-order valence-corrected chi connectivity index (χ2v) is 5.17. The summed E-state index contributed by atoms with van der Waals surface area (Å²) in [6.07, 6.45) is 0.922. The number of nitrogens with one attached hydrogen (secondary N) is 1. The molecule has 0 aliphatic carbocycles. The Kier molecular flexibility index (Phi) is 3.98. The lowest BCUT2D eigenvalue weighted by Crippen LogP contribution is -2.33. The smallest absolute Gasteiger partial charge is 0.318 e. The van der Waals surface area contributed by atoms with Crippen LogP contribution < -0.4 is 10.1 Å². The lowest BCUT2D eigenvalue weighted by atomic mass is 10.0. The lowest BCUT2D eigenvalue weighted by Gasteiger charge is -2.19. The average Bonchev–Trinajstić information content (AvgIpc) is 2.80. The number of hydrogen-bond donors (Lipinski definition) is 1. The van der Waals surface area contributed by atoms with Gasteiger partial charge in [0.2, 0.25) is 0 Å². The van der Waals surface area contributed by atoms with Gasteiger partial charge >= 0.3 is 6.03 Å². The Morgan fingerprint density at radius 2 is 2.21 bits per heavy atom. The van der Waals surface area contributed by atoms with E-state index in [1.165, 1.54) is 5.56 Å². The van der Waals surface area contributed by atoms with E-state index in [1.54, 1.807) is 7.11 Å². The van der Waals surface area contributed by atoms with Crippen LogP contribution >= 0.6 is 0 Å². The number of ether oxygens (including phenoxy) is 1. The van der Waals surface area contributed by atoms with Gasteiger partial charge in [0.25, 0.3) is 0 Å². The third-order valence-corrected chi connectivity index (χ3v) is 3.65. The van der Waals surface area contributed by atoms with Crippen LogP contribution in [-0.2, 0) is 6.42 Å². The molecule has 1 aliphatic rings. The monoisotopic (exact) mass is 262 g/mol. The maximum atomic E-state index is 11.9. The van der Waals surface area contributed by atoms with Gasteiger partial charge in [-0.25, -0.2) is 4.79 Å². The van der Waals surface area contributed by atoms with Crippen LogP contribution in [0.2, 0.25) is 0 Å². The molecule has 1 aliphatic heterocycles. The van der Waals surface area contributed by atoms with E-state index in [2.05, 4.69) is 18.3 Å². The number of amides is 2. The quantitative estimate of drug-likeness (QED) is 0.906. The van der Waals surface area contributed by atoms with E-state index in [4.69, 9.17) is 4.74 Å². The summed E-state index contributed by atoms with van der Waals surface area (Å²) in [5.41, 5.74) is 2.33. The van der Waals surface area contributed by atoms with Crippen molar-refractivity contribution >= 4 is 6.03 Å². The molecule has 0 spiro atoms. The van der Waals surface area contributed by atoms with E-state index in [-0.39, 0.29) is 18.1 Å². The molecule has 0 aromatic heterocycles. The molecule has 104 valence electrons. The van der Waals surface area contributed by atoms with Gasteiger partial charge in [-0.2, -0.15) is 0 Å². The van der Waals surface area contributed by atoms with Crippen molar-refractivity contribution in [3.8, 4) is 5.75 Å². The van der Waals surface area contributed by atoms with Gasteiger partial charge in [-0.3, -0.25) is 0 Å². The van der Waals surface area contributed by atoms with Crippen molar-refractivity contribution in [2.24, 2.45) is 0 Å². The number of urea groups is 1. The summed E-state index contributed by atoms with van der Waals surface area (Å²) in [6, 6.07) is 6.48. The SMILES string of the molecule is CCc1cc(C2CN(C(C)C)C(=O)N2)ccc1OC. The summed E-state index contributed by atoms with van der Waals surface area (Å²) >= 11 is 0. The van der Waals surface area contributed by atoms with Crippen LogP contribution in [0.15, 0.2) is 18.2 Å². The molecule has 4 nitrogen and oxygen atoms in total. The van der Waals surface area contributed by atoms with Gasteiger partial charge in [0.15, 0.2) is 0 Å². The third kappa shape index (κ3) is 2.67. The van der Waals surface area contributed by atoms with Gasteiger partial charge in [0.1, 0.15) is 5.75 Å². The van der Waals surface area contributed by atoms with Crippen molar-refractivity contribution in [3.05, 3.63) is 29.3 Å². The Morgan fingerprint density at radius 1 is 1.47 bits per heavy atom. The molecule has 1 aromatic carbocycles. The van der Waals surface area contributed by atoms with Crippen molar-refractivity contribution in [1.82, 2.24) is 10.2 Å². The zero-order valence-electron chi connectivity index (χ0n) is 12.1. The first kappa shape index (κ1) is 13.7. The Labute approximate surface area is 114 Å². The van der Waals surface area contributed by atoms with E-state index in [0.29, 0.717) is 0 Å². The molecule has 2 rings (SSSR count). The minimum absolute atomic E-state index is 0.0221. The van der Waals surface area contributed by atoms with Gasteiger partial charge < -0.3 is 15.0 Å². The van der Waals surface area contributed by atoms with E-state index >= 15 is 0 Å². The standard InChI is InChI=1S/C15H22N2O2/c1-5-11-8-12(6-7-14(11)19-4)13-9-17(10(2)3)15(18)16-13/h6-8,10,13H,5,9H2,1-4H3,(H,16,18). The molecule has 0 radical (unpaired) electrons. The number of benzene rings is 1. The minimum atomic E-state index is 0.0221. The van der Waals surface area contributed by atoms with Gasteiger partial charge in [-0.1, -0.05) is 13.0 Å². The molecule has 1 fully saturated rings. The van der Waals surface area contributed by atoms with Gasteiger partial charge in [-0.15, -0.1) is 0 Å². The number of aryl methyl sites for hydroxylation is 1. The maximum Gasteiger partial charge on any atom is 0.318 e. The van der Waals surface area contributed by atoms with Crippen LogP contribution in [-0.4, -0.2) is 30.6 Å². The zero-order valence-corrected chi connectivity index (χ0v) is 12.1. The van der Waals surface area contributed by atoms with E-state index in [1.807, 2.05) is 30.9 Å². The number of carbonyl (C=O) groups is 1. The predicted molar refractivity (Wildman–Crippen MR) is 75.5 cm³/mol. The number of rotatable bonds is 4. The summed E-state index contributed by atoms with van der Waals surface area (Å²) in [5.74, 6) is 0.913. The second kappa shape index (κ2) is 5.51. The Balaban J connectivity index is 2.22. The van der Waals surface area contributed by atoms with Crippen molar-refractivity contribution in [1.29, 1.82) is 0 Å². The third-order valence-electron chi connectivity index (χ3n) is 3.65. The molecule has 1 aromatic rings. The highest BCUT2D eigenvalue weighted by molar-refractivity contribution is 5.77. The summed E-state index contributed by atoms with van der Waals surface area (Å²) in [6.45, 7) is 6.90. The van der Waals surface area contributed by atoms with Crippen LogP contribution in [0.4, 0.5) is 4.79 Å². The topological polar surface area (TPSA) is 41.6 Å². The number of hydrogen-bond acceptors (Lipinski definition) is 2. The van der Waals surface area contributed by atoms with Crippen molar-refractivity contribution in [2.45, 2.75) is 39.3 Å². The molecule has 1 N–H and O–H groups in total. The largest absolute Gasteiger partial charge is 0.496 e. The summed E-state index contributed by atoms with van der Waals surface area (Å²) < 4.78 is 5.34. The number of carbonyl (C=O) groups excluding carboxylic acids is 1. The molecule has 1 atom stereocenters. The first-order valence-corrected chi connectivity index (χ1v) is 6.80. The molecule has 19 heavy (non-hydrogen) atoms. The van der Waals surface area contributed by atoms with Crippen LogP contribution in [0.3, 0.4) is 0 Å². The predicted octanol–water partition coefficient (Wildman–Crippen LogP) is 2.73. The molecule has 0 saturated carbocycles. The number of methoxy groups -OCH3 is 1. The van der Waals surface area contributed by atoms with E-state index < -0.39 is 0 Å². The van der Waals surface area contributed by atoms with Gasteiger partial charge in [0, 0.05) is 12.6 Å². The average molecular weight is 262 g/mol. The molecule has 1 heterocycles. The summed E-state index contributed by atoms with van der Waals surface area (Å²) in [5, 5.41) is 3.04. The first-order valence-electron chi connectivity index (χ1n) is 6.80. The molecule has 1 saturated heterocycles. The Bertz CT molecular complexity index is 471. The normalized spacial score (nSPS) is 18.9. The molecule has 1 unspecified atom stereocenters. The fourth-order valence-electron chi connectivity index (χ4n) is 2.48. The molecule has 4 heteroatoms. The van der Waals surface area contributed by atoms with Gasteiger partial charge in [-0.05, 0) is 43.5 Å². The highest BCUT2D eigenvalue weighted by atomic mass is 16.5. The highest BCUT2D eigenvalue weighted by Gasteiger charge is 2.31. The summed E-state index contributed by atoms with van der Waals surface area (Å²) in [4.78, 5) is 13.7. The molecular weight excluding hydrogens is 240 g/mol. The Hall–Kier alpha value is -1.71. The van der Waals surface area contributed by atoms with Crippen molar-refractivity contribution in [2.75, 3.05) is 13.7 Å². The molecule has 0 bridgehead atoms. The van der Waals surface area contributed by atoms with E-state index in [9.17, 15) is 4.79 Å². The second-order valence-electron chi connectivity index (χ2n) is 5.17. The maximum absolute atomic E-state index is 11.9. The van der Waals surface area contributed by atoms with Crippen LogP contribution in [0, 0.1) is 0 Å². The highest BCUT2D eigenvalue weighted by Crippen LogP contribution is 2.27. The van der Waals surface area contributed by atoms with E-state index in [0.717, 1.165) is 24.3 Å². The first-order chi connectivity index (χ1) is 9.06. The van der Waals surface area contributed by atoms with Crippen LogP contribution in [0.1, 0.15) is 37.9 Å². The van der Waals surface area contributed by atoms with Crippen molar-refractivity contribution < 1.29 is 9.53 Å². The zero-order chi connectivity index (χ0) is 14.0.